The highest BCUT2D eigenvalue weighted by Crippen LogP contribution is 2.32. The summed E-state index contributed by atoms with van der Waals surface area (Å²) in [5, 5.41) is 1.99. The van der Waals surface area contributed by atoms with Crippen molar-refractivity contribution in [1.29, 1.82) is 0 Å². The first-order chi connectivity index (χ1) is 27.4. The lowest BCUT2D eigenvalue weighted by Gasteiger charge is -2.20. The summed E-state index contributed by atoms with van der Waals surface area (Å²) < 4.78 is 31.9. The van der Waals surface area contributed by atoms with Crippen LogP contribution in [0.25, 0.3) is 21.8 Å². The molecule has 1 amide bonds. The van der Waals surface area contributed by atoms with E-state index in [0.717, 1.165) is 59.3 Å². The van der Waals surface area contributed by atoms with Gasteiger partial charge in [0.1, 0.15) is 11.6 Å². The summed E-state index contributed by atoms with van der Waals surface area (Å²) in [6.07, 6.45) is 7.15. The van der Waals surface area contributed by atoms with Gasteiger partial charge in [0, 0.05) is 78.6 Å². The van der Waals surface area contributed by atoms with E-state index in [1.54, 1.807) is 4.90 Å². The van der Waals surface area contributed by atoms with E-state index >= 15 is 0 Å². The van der Waals surface area contributed by atoms with Crippen LogP contribution in [0.1, 0.15) is 95.6 Å². The first kappa shape index (κ1) is 39.5. The van der Waals surface area contributed by atoms with E-state index < -0.39 is 11.6 Å². The third-order valence-electron chi connectivity index (χ3n) is 10.8. The molecule has 6 aromatic rings. The zero-order valence-corrected chi connectivity index (χ0v) is 32.7. The largest absolute Gasteiger partial charge is 0.447 e. The number of pyridine rings is 2. The number of hydrogen-bond donors (Lipinski definition) is 2. The summed E-state index contributed by atoms with van der Waals surface area (Å²) in [5.74, 6) is -0.278. The molecular formula is C45H48F2N6O4. The van der Waals surface area contributed by atoms with Crippen molar-refractivity contribution in [3.63, 3.8) is 0 Å². The molecule has 296 valence electrons. The van der Waals surface area contributed by atoms with Crippen LogP contribution in [-0.4, -0.2) is 85.7 Å². The van der Waals surface area contributed by atoms with Crippen molar-refractivity contribution < 1.29 is 27.9 Å². The minimum absolute atomic E-state index is 0.0630. The molecule has 6 heterocycles. The van der Waals surface area contributed by atoms with Crippen LogP contribution in [0, 0.1) is 11.6 Å². The van der Waals surface area contributed by atoms with Crippen LogP contribution in [0.2, 0.25) is 0 Å². The van der Waals surface area contributed by atoms with Gasteiger partial charge < -0.3 is 24.5 Å². The number of nitrogens with zero attached hydrogens (tertiary/aromatic N) is 4. The highest BCUT2D eigenvalue weighted by atomic mass is 19.1. The van der Waals surface area contributed by atoms with Gasteiger partial charge in [0.15, 0.2) is 11.6 Å². The Morgan fingerprint density at radius 3 is 1.68 bits per heavy atom. The molecule has 2 atom stereocenters. The molecule has 0 saturated carbocycles. The standard InChI is InChI=1S/C23H24FN3O3.C22H24FN3O/c1-14(2)30-23(29)27-6-5-17(13-27)16-3-4-20-18(9-16)10-21(26-20)22(28)8-15-7-19(24)12-25-11-15;1-14(2)26-6-5-17(13-26)16-3-4-20-18(9-16)10-21(25-20)22(27)8-15-7-19(23)12-24-11-15/h3-4,7,9-12,14,17,26H,5-6,8,13H2,1-2H3;3-4,7,9-12,14,17,25H,5-6,8,13H2,1-2H3. The second-order valence-electron chi connectivity index (χ2n) is 15.7. The maximum absolute atomic E-state index is 13.3. The van der Waals surface area contributed by atoms with Gasteiger partial charge in [-0.25, -0.2) is 13.6 Å². The number of carbonyl (C=O) groups excluding carboxylic acids is 3. The predicted octanol–water partition coefficient (Wildman–Crippen LogP) is 8.79. The van der Waals surface area contributed by atoms with Crippen LogP contribution < -0.4 is 0 Å². The van der Waals surface area contributed by atoms with Crippen molar-refractivity contribution >= 4 is 39.5 Å². The SMILES string of the molecule is CC(C)N1CCC(c2ccc3[nH]c(C(=O)Cc4cncc(F)c4)cc3c2)C1.CC(C)OC(=O)N1CCC(c2ccc3[nH]c(C(=O)Cc4cncc(F)c4)cc3c2)C1. The summed E-state index contributed by atoms with van der Waals surface area (Å²) in [5.41, 5.74) is 6.46. The Morgan fingerprint density at radius 1 is 0.702 bits per heavy atom. The molecule has 0 aliphatic carbocycles. The first-order valence-corrected chi connectivity index (χ1v) is 19.6. The van der Waals surface area contributed by atoms with Crippen molar-refractivity contribution in [2.24, 2.45) is 0 Å². The number of amides is 1. The zero-order valence-electron chi connectivity index (χ0n) is 32.7. The van der Waals surface area contributed by atoms with Gasteiger partial charge in [-0.1, -0.05) is 12.1 Å². The van der Waals surface area contributed by atoms with Gasteiger partial charge in [-0.15, -0.1) is 0 Å². The number of aromatic amines is 2. The molecule has 57 heavy (non-hydrogen) atoms. The predicted molar refractivity (Wildman–Crippen MR) is 216 cm³/mol. The van der Waals surface area contributed by atoms with E-state index in [9.17, 15) is 23.2 Å². The highest BCUT2D eigenvalue weighted by molar-refractivity contribution is 6.01. The normalized spacial score (nSPS) is 17.1. The van der Waals surface area contributed by atoms with E-state index in [2.05, 4.69) is 62.9 Å². The Morgan fingerprint density at radius 2 is 1.21 bits per heavy atom. The van der Waals surface area contributed by atoms with E-state index in [1.165, 1.54) is 36.5 Å². The number of benzene rings is 2. The first-order valence-electron chi connectivity index (χ1n) is 19.6. The molecule has 2 fully saturated rings. The van der Waals surface area contributed by atoms with Crippen LogP contribution in [0.4, 0.5) is 13.6 Å². The Kier molecular flexibility index (Phi) is 11.9. The number of fused-ring (bicyclic) bond motifs is 2. The van der Waals surface area contributed by atoms with Gasteiger partial charge >= 0.3 is 6.09 Å². The third kappa shape index (κ3) is 9.62. The molecule has 2 aliphatic heterocycles. The fraction of sp³-hybridized carbons (Fsp3) is 0.356. The van der Waals surface area contributed by atoms with Gasteiger partial charge in [0.05, 0.1) is 29.9 Å². The van der Waals surface area contributed by atoms with Crippen LogP contribution in [0.3, 0.4) is 0 Å². The van der Waals surface area contributed by atoms with Crippen molar-refractivity contribution in [1.82, 2.24) is 29.7 Å². The molecule has 0 spiro atoms. The highest BCUT2D eigenvalue weighted by Gasteiger charge is 2.29. The average Bonchev–Trinajstić information content (AvgIpc) is 4.00. The molecule has 2 saturated heterocycles. The number of aromatic nitrogens is 4. The zero-order chi connectivity index (χ0) is 40.2. The molecule has 0 radical (unpaired) electrons. The summed E-state index contributed by atoms with van der Waals surface area (Å²) >= 11 is 0. The number of carbonyl (C=O) groups is 3. The maximum Gasteiger partial charge on any atom is 0.410 e. The smallest absolute Gasteiger partial charge is 0.410 e. The van der Waals surface area contributed by atoms with Gasteiger partial charge in [0.2, 0.25) is 0 Å². The lowest BCUT2D eigenvalue weighted by atomic mass is 9.97. The number of halogens is 2. The Balaban J connectivity index is 0.000000175. The average molecular weight is 775 g/mol. The third-order valence-corrected chi connectivity index (χ3v) is 10.8. The summed E-state index contributed by atoms with van der Waals surface area (Å²) in [7, 11) is 0. The van der Waals surface area contributed by atoms with Gasteiger partial charge in [-0.2, -0.15) is 0 Å². The van der Waals surface area contributed by atoms with E-state index in [0.29, 0.717) is 47.6 Å². The molecule has 2 aromatic carbocycles. The van der Waals surface area contributed by atoms with Crippen LogP contribution >= 0.6 is 0 Å². The molecular weight excluding hydrogens is 727 g/mol. The second kappa shape index (κ2) is 17.2. The lowest BCUT2D eigenvalue weighted by molar-refractivity contribution is 0.0832. The minimum atomic E-state index is -0.454. The quantitative estimate of drug-likeness (QED) is 0.133. The Bertz CT molecular complexity index is 2400. The molecule has 2 N–H and O–H groups in total. The van der Waals surface area contributed by atoms with Crippen LogP contribution in [-0.2, 0) is 17.6 Å². The number of likely N-dealkylation sites (tertiary alicyclic amines) is 2. The molecule has 12 heteroatoms. The number of rotatable bonds is 10. The maximum atomic E-state index is 13.3. The van der Waals surface area contributed by atoms with Crippen molar-refractivity contribution in [2.45, 2.75) is 77.4 Å². The lowest BCUT2D eigenvalue weighted by Crippen LogP contribution is -2.30. The fourth-order valence-corrected chi connectivity index (χ4v) is 7.78. The summed E-state index contributed by atoms with van der Waals surface area (Å²) in [6.45, 7) is 11.7. The fourth-order valence-electron chi connectivity index (χ4n) is 7.78. The number of ketones is 2. The summed E-state index contributed by atoms with van der Waals surface area (Å²) in [6, 6.07) is 19.5. The molecule has 4 aromatic heterocycles. The topological polar surface area (TPSA) is 124 Å². The van der Waals surface area contributed by atoms with Gasteiger partial charge in [-0.05, 0) is 124 Å². The summed E-state index contributed by atoms with van der Waals surface area (Å²) in [4.78, 5) is 55.5. The molecule has 2 aliphatic rings. The van der Waals surface area contributed by atoms with Crippen molar-refractivity contribution in [3.05, 3.63) is 131 Å². The monoisotopic (exact) mass is 774 g/mol. The number of hydrogen-bond acceptors (Lipinski definition) is 7. The van der Waals surface area contributed by atoms with E-state index in [1.807, 2.05) is 38.1 Å². The van der Waals surface area contributed by atoms with Gasteiger partial charge in [-0.3, -0.25) is 19.6 Å². The molecule has 8 rings (SSSR count). The number of ether oxygens (including phenoxy) is 1. The molecule has 2 unspecified atom stereocenters. The van der Waals surface area contributed by atoms with Crippen LogP contribution in [0.15, 0.2) is 85.5 Å². The van der Waals surface area contributed by atoms with Crippen LogP contribution in [0.5, 0.6) is 0 Å². The van der Waals surface area contributed by atoms with Crippen molar-refractivity contribution in [2.75, 3.05) is 26.2 Å². The number of Topliss-reactive ketones (excluding diaryl/α,β-unsaturated/α-hetero) is 2. The molecule has 0 bridgehead atoms. The van der Waals surface area contributed by atoms with E-state index in [4.69, 9.17) is 4.74 Å². The number of nitrogens with one attached hydrogen (secondary N) is 2. The van der Waals surface area contributed by atoms with Gasteiger partial charge in [0.25, 0.3) is 0 Å². The number of H-pyrrole nitrogens is 2. The Labute approximate surface area is 330 Å². The minimum Gasteiger partial charge on any atom is -0.447 e. The Hall–Kier alpha value is -5.75. The second-order valence-corrected chi connectivity index (χ2v) is 15.7. The van der Waals surface area contributed by atoms with E-state index in [-0.39, 0.29) is 42.5 Å². The van der Waals surface area contributed by atoms with Crippen molar-refractivity contribution in [3.8, 4) is 0 Å². The molecule has 10 nitrogen and oxygen atoms in total.